The van der Waals surface area contributed by atoms with Crippen LogP contribution in [0.4, 0.5) is 0 Å². The number of benzene rings is 1. The van der Waals surface area contributed by atoms with E-state index >= 15 is 0 Å². The summed E-state index contributed by atoms with van der Waals surface area (Å²) in [7, 11) is 0. The minimum atomic E-state index is 0. The van der Waals surface area contributed by atoms with E-state index in [-0.39, 0.29) is 19.8 Å². The molecule has 0 saturated heterocycles. The maximum absolute atomic E-state index is 4.38. The molecule has 0 N–H and O–H groups in total. The lowest BCUT2D eigenvalue weighted by Gasteiger charge is -2.06. The molecule has 0 amide bonds. The molecular formula is C21H25ClN2. The van der Waals surface area contributed by atoms with E-state index in [1.165, 1.54) is 11.1 Å². The van der Waals surface area contributed by atoms with Gasteiger partial charge in [0, 0.05) is 23.8 Å². The third-order valence-corrected chi connectivity index (χ3v) is 3.78. The van der Waals surface area contributed by atoms with Crippen molar-refractivity contribution >= 4 is 12.4 Å². The number of halogens is 1. The monoisotopic (exact) mass is 340 g/mol. The van der Waals surface area contributed by atoms with E-state index in [1.807, 2.05) is 36.7 Å². The first-order chi connectivity index (χ1) is 10.9. The molecule has 0 radical (unpaired) electrons. The predicted molar refractivity (Wildman–Crippen MR) is 104 cm³/mol. The number of nitrogens with zero attached hydrogens (tertiary/aromatic N) is 2. The van der Waals surface area contributed by atoms with Crippen LogP contribution in [0.25, 0.3) is 0 Å². The summed E-state index contributed by atoms with van der Waals surface area (Å²) in [6, 6.07) is 21.1. The second kappa shape index (κ2) is 10.6. The zero-order valence-corrected chi connectivity index (χ0v) is 13.9. The summed E-state index contributed by atoms with van der Waals surface area (Å²) in [5.41, 5.74) is 5.07. The van der Waals surface area contributed by atoms with Crippen molar-refractivity contribution in [3.8, 4) is 0 Å². The molecule has 0 aliphatic rings. The van der Waals surface area contributed by atoms with Gasteiger partial charge in [0.2, 0.25) is 0 Å². The van der Waals surface area contributed by atoms with Crippen molar-refractivity contribution in [3.05, 3.63) is 95.6 Å². The third-order valence-electron chi connectivity index (χ3n) is 3.78. The van der Waals surface area contributed by atoms with Gasteiger partial charge in [-0.2, -0.15) is 0 Å². The molecule has 126 valence electrons. The topological polar surface area (TPSA) is 25.8 Å². The Morgan fingerprint density at radius 3 is 1.50 bits per heavy atom. The van der Waals surface area contributed by atoms with Crippen molar-refractivity contribution in [2.75, 3.05) is 0 Å². The number of hydrogen-bond acceptors (Lipinski definition) is 2. The zero-order valence-electron chi connectivity index (χ0n) is 13.1. The van der Waals surface area contributed by atoms with Gasteiger partial charge in [0.25, 0.3) is 0 Å². The Balaban J connectivity index is 0.00000144. The van der Waals surface area contributed by atoms with Gasteiger partial charge in [0.05, 0.1) is 0 Å². The molecule has 0 aliphatic heterocycles. The second-order valence-corrected chi connectivity index (χ2v) is 5.46. The Labute approximate surface area is 151 Å². The quantitative estimate of drug-likeness (QED) is 0.623. The average molecular weight is 341 g/mol. The van der Waals surface area contributed by atoms with Gasteiger partial charge in [-0.15, -0.1) is 12.4 Å². The summed E-state index contributed by atoms with van der Waals surface area (Å²) in [5, 5.41) is 0. The van der Waals surface area contributed by atoms with Gasteiger partial charge in [-0.1, -0.05) is 43.8 Å². The molecule has 0 unspecified atom stereocenters. The first-order valence-corrected chi connectivity index (χ1v) is 7.78. The van der Waals surface area contributed by atoms with E-state index in [2.05, 4.69) is 46.4 Å². The molecular weight excluding hydrogens is 316 g/mol. The van der Waals surface area contributed by atoms with E-state index in [1.54, 1.807) is 0 Å². The maximum atomic E-state index is 4.38. The molecule has 2 aromatic heterocycles. The molecule has 0 aliphatic carbocycles. The first-order valence-electron chi connectivity index (χ1n) is 7.78. The Hall–Kier alpha value is -2.19. The molecule has 3 rings (SSSR count). The Bertz CT molecular complexity index is 641. The smallest absolute Gasteiger partial charge is 0.0406 e. The van der Waals surface area contributed by atoms with Crippen molar-refractivity contribution in [3.63, 3.8) is 0 Å². The van der Waals surface area contributed by atoms with Crippen LogP contribution in [0, 0.1) is 0 Å². The molecule has 3 aromatic rings. The predicted octanol–water partition coefficient (Wildman–Crippen LogP) is 5.10. The summed E-state index contributed by atoms with van der Waals surface area (Å²) in [6.07, 6.45) is 7.77. The molecule has 2 heterocycles. The van der Waals surface area contributed by atoms with Gasteiger partial charge in [-0.05, 0) is 61.1 Å². The number of hydrogen-bond donors (Lipinski definition) is 0. The van der Waals surface area contributed by atoms with Gasteiger partial charge in [-0.3, -0.25) is 9.97 Å². The molecule has 0 saturated carbocycles. The van der Waals surface area contributed by atoms with Gasteiger partial charge < -0.3 is 0 Å². The largest absolute Gasteiger partial charge is 0.261 e. The lowest BCUT2D eigenvalue weighted by Crippen LogP contribution is -1.97. The van der Waals surface area contributed by atoms with Crippen molar-refractivity contribution in [1.29, 1.82) is 0 Å². The number of rotatable bonds is 6. The highest BCUT2D eigenvalue weighted by Crippen LogP contribution is 2.11. The maximum Gasteiger partial charge on any atom is 0.0406 e. The molecule has 0 spiro atoms. The third kappa shape index (κ3) is 6.13. The Kier molecular flexibility index (Phi) is 8.74. The van der Waals surface area contributed by atoms with Crippen LogP contribution < -0.4 is 0 Å². The van der Waals surface area contributed by atoms with Gasteiger partial charge in [-0.25, -0.2) is 0 Å². The summed E-state index contributed by atoms with van der Waals surface area (Å²) >= 11 is 0. The lowest BCUT2D eigenvalue weighted by molar-refractivity contribution is 0.891. The molecule has 0 atom stereocenters. The van der Waals surface area contributed by atoms with Crippen molar-refractivity contribution < 1.29 is 0 Å². The minimum Gasteiger partial charge on any atom is -0.261 e. The van der Waals surface area contributed by atoms with Crippen LogP contribution in [0.5, 0.6) is 0 Å². The van der Waals surface area contributed by atoms with Gasteiger partial charge in [0.15, 0.2) is 0 Å². The number of aryl methyl sites for hydroxylation is 4. The molecule has 0 fully saturated rings. The summed E-state index contributed by atoms with van der Waals surface area (Å²) in [5.74, 6) is 0. The number of aromatic nitrogens is 2. The van der Waals surface area contributed by atoms with Crippen LogP contribution in [0.3, 0.4) is 0 Å². The minimum absolute atomic E-state index is 0. The number of pyridine rings is 2. The van der Waals surface area contributed by atoms with E-state index in [4.69, 9.17) is 0 Å². The van der Waals surface area contributed by atoms with E-state index in [9.17, 15) is 0 Å². The van der Waals surface area contributed by atoms with Crippen LogP contribution in [0.15, 0.2) is 73.1 Å². The highest BCUT2D eigenvalue weighted by atomic mass is 35.5. The Morgan fingerprint density at radius 1 is 0.583 bits per heavy atom. The summed E-state index contributed by atoms with van der Waals surface area (Å²) < 4.78 is 0. The standard InChI is InChI=1S/C20H20N2.CH4.ClH/c1-3-14-21-19(8-1)12-10-17-6-5-7-18(16-17)11-13-20-9-2-4-15-22-20;;/h1-9,14-16H,10-13H2;1H4;1H. The molecule has 2 nitrogen and oxygen atoms in total. The van der Waals surface area contributed by atoms with Crippen LogP contribution in [-0.4, -0.2) is 9.97 Å². The molecule has 0 bridgehead atoms. The summed E-state index contributed by atoms with van der Waals surface area (Å²) in [4.78, 5) is 8.77. The molecule has 24 heavy (non-hydrogen) atoms. The van der Waals surface area contributed by atoms with Gasteiger partial charge in [0.1, 0.15) is 0 Å². The zero-order chi connectivity index (χ0) is 15.0. The lowest BCUT2D eigenvalue weighted by atomic mass is 10.0. The van der Waals surface area contributed by atoms with Crippen LogP contribution in [0.2, 0.25) is 0 Å². The van der Waals surface area contributed by atoms with E-state index < -0.39 is 0 Å². The fourth-order valence-electron chi connectivity index (χ4n) is 2.58. The molecule has 3 heteroatoms. The highest BCUT2D eigenvalue weighted by Gasteiger charge is 2.00. The first kappa shape index (κ1) is 19.9. The van der Waals surface area contributed by atoms with Crippen LogP contribution in [-0.2, 0) is 25.7 Å². The molecule has 1 aromatic carbocycles. The highest BCUT2D eigenvalue weighted by molar-refractivity contribution is 5.85. The van der Waals surface area contributed by atoms with Crippen molar-refractivity contribution in [2.45, 2.75) is 33.1 Å². The van der Waals surface area contributed by atoms with Crippen molar-refractivity contribution in [2.24, 2.45) is 0 Å². The van der Waals surface area contributed by atoms with Gasteiger partial charge >= 0.3 is 0 Å². The fourth-order valence-corrected chi connectivity index (χ4v) is 2.58. The SMILES string of the molecule is C.Cl.c1ccc(CCc2cccc(CCc3ccccn3)c2)nc1. The second-order valence-electron chi connectivity index (χ2n) is 5.46. The van der Waals surface area contributed by atoms with E-state index in [0.717, 1.165) is 37.1 Å². The Morgan fingerprint density at radius 2 is 1.08 bits per heavy atom. The van der Waals surface area contributed by atoms with E-state index in [0.29, 0.717) is 0 Å². The van der Waals surface area contributed by atoms with Crippen molar-refractivity contribution in [1.82, 2.24) is 9.97 Å². The summed E-state index contributed by atoms with van der Waals surface area (Å²) in [6.45, 7) is 0. The van der Waals surface area contributed by atoms with Crippen LogP contribution in [0.1, 0.15) is 29.9 Å². The van der Waals surface area contributed by atoms with Crippen LogP contribution >= 0.6 is 12.4 Å². The fraction of sp³-hybridized carbons (Fsp3) is 0.238. The normalized spacial score (nSPS) is 9.67. The average Bonchev–Trinajstić information content (AvgIpc) is 2.60.